The largest absolute Gasteiger partial charge is 0.461 e. The molecule has 0 spiro atoms. The van der Waals surface area contributed by atoms with Crippen LogP contribution in [0.1, 0.15) is 29.6 Å². The molecule has 2 rings (SSSR count). The van der Waals surface area contributed by atoms with Crippen molar-refractivity contribution in [2.45, 2.75) is 19.3 Å². The summed E-state index contributed by atoms with van der Waals surface area (Å²) in [5.74, 6) is -0.489. The number of nitrogen functional groups attached to an aromatic ring is 1. The summed E-state index contributed by atoms with van der Waals surface area (Å²) in [7, 11) is 0. The Morgan fingerprint density at radius 1 is 1.56 bits per heavy atom. The number of nitriles is 1. The second kappa shape index (κ2) is 4.87. The highest BCUT2D eigenvalue weighted by atomic mass is 35.5. The Balaban J connectivity index is 2.01. The van der Waals surface area contributed by atoms with Crippen LogP contribution in [0.2, 0.25) is 5.02 Å². The van der Waals surface area contributed by atoms with Gasteiger partial charge in [0.1, 0.15) is 0 Å². The van der Waals surface area contributed by atoms with Gasteiger partial charge in [-0.1, -0.05) is 17.7 Å². The highest BCUT2D eigenvalue weighted by molar-refractivity contribution is 6.36. The third-order valence-electron chi connectivity index (χ3n) is 3.17. The molecule has 0 saturated heterocycles. The summed E-state index contributed by atoms with van der Waals surface area (Å²) in [6, 6.07) is 6.97. The molecule has 1 aromatic rings. The Bertz CT molecular complexity index is 518. The normalized spacial score (nSPS) is 15.8. The van der Waals surface area contributed by atoms with Crippen molar-refractivity contribution in [3.05, 3.63) is 28.8 Å². The summed E-state index contributed by atoms with van der Waals surface area (Å²) in [5, 5.41) is 8.89. The predicted molar refractivity (Wildman–Crippen MR) is 68.0 cm³/mol. The van der Waals surface area contributed by atoms with Gasteiger partial charge in [-0.2, -0.15) is 5.26 Å². The van der Waals surface area contributed by atoms with Crippen LogP contribution in [-0.4, -0.2) is 12.6 Å². The van der Waals surface area contributed by atoms with E-state index in [9.17, 15) is 4.79 Å². The lowest BCUT2D eigenvalue weighted by atomic mass is 10.1. The Hall–Kier alpha value is -1.73. The van der Waals surface area contributed by atoms with Crippen LogP contribution in [0, 0.1) is 16.7 Å². The number of carbonyl (C=O) groups excluding carboxylic acids is 1. The lowest BCUT2D eigenvalue weighted by Gasteiger charge is -2.12. The van der Waals surface area contributed by atoms with Crippen LogP contribution in [0.4, 0.5) is 5.69 Å². The molecule has 1 fully saturated rings. The van der Waals surface area contributed by atoms with Gasteiger partial charge in [0.15, 0.2) is 0 Å². The van der Waals surface area contributed by atoms with Crippen molar-refractivity contribution >= 4 is 23.3 Å². The van der Waals surface area contributed by atoms with Crippen LogP contribution in [0.5, 0.6) is 0 Å². The summed E-state index contributed by atoms with van der Waals surface area (Å²) >= 11 is 5.94. The average molecular weight is 265 g/mol. The van der Waals surface area contributed by atoms with E-state index in [2.05, 4.69) is 6.07 Å². The maximum absolute atomic E-state index is 11.9. The molecular weight excluding hydrogens is 252 g/mol. The fourth-order valence-electron chi connectivity index (χ4n) is 1.72. The number of ether oxygens (including phenoxy) is 1. The summed E-state index contributed by atoms with van der Waals surface area (Å²) in [4.78, 5) is 11.9. The summed E-state index contributed by atoms with van der Waals surface area (Å²) in [5.41, 5.74) is 6.11. The molecule has 0 heterocycles. The van der Waals surface area contributed by atoms with E-state index < -0.39 is 5.97 Å². The van der Waals surface area contributed by atoms with Gasteiger partial charge >= 0.3 is 5.97 Å². The first-order valence-electron chi connectivity index (χ1n) is 5.66. The summed E-state index contributed by atoms with van der Waals surface area (Å²) in [6.45, 7) is 0.268. The van der Waals surface area contributed by atoms with Gasteiger partial charge in [0, 0.05) is 11.8 Å². The molecule has 4 nitrogen and oxygen atoms in total. The number of hydrogen-bond acceptors (Lipinski definition) is 4. The molecule has 1 aromatic carbocycles. The third-order valence-corrected chi connectivity index (χ3v) is 3.59. The Kier molecular flexibility index (Phi) is 3.44. The lowest BCUT2D eigenvalue weighted by Crippen LogP contribution is -2.15. The standard InChI is InChI=1S/C13H13ClN2O2/c14-11-9(2-1-3-10(11)16)12(17)18-8-13(4-5-13)6-7-15/h1-3H,4-6,8,16H2. The number of nitrogens with zero attached hydrogens (tertiary/aromatic N) is 1. The monoisotopic (exact) mass is 264 g/mol. The minimum Gasteiger partial charge on any atom is -0.461 e. The zero-order valence-electron chi connectivity index (χ0n) is 9.78. The molecule has 1 aliphatic rings. The number of rotatable bonds is 4. The van der Waals surface area contributed by atoms with E-state index in [1.807, 2.05) is 0 Å². The SMILES string of the molecule is N#CCC1(COC(=O)c2cccc(N)c2Cl)CC1. The lowest BCUT2D eigenvalue weighted by molar-refractivity contribution is 0.0419. The minimum atomic E-state index is -0.489. The van der Waals surface area contributed by atoms with Crippen LogP contribution >= 0.6 is 11.6 Å². The maximum Gasteiger partial charge on any atom is 0.339 e. The number of anilines is 1. The van der Waals surface area contributed by atoms with Gasteiger partial charge in [-0.05, 0) is 25.0 Å². The quantitative estimate of drug-likeness (QED) is 0.670. The van der Waals surface area contributed by atoms with E-state index in [-0.39, 0.29) is 22.6 Å². The van der Waals surface area contributed by atoms with E-state index in [4.69, 9.17) is 27.3 Å². The van der Waals surface area contributed by atoms with Crippen molar-refractivity contribution in [2.75, 3.05) is 12.3 Å². The molecule has 0 aromatic heterocycles. The van der Waals surface area contributed by atoms with Crippen molar-refractivity contribution in [1.29, 1.82) is 5.26 Å². The van der Waals surface area contributed by atoms with Gasteiger partial charge in [-0.15, -0.1) is 0 Å². The van der Waals surface area contributed by atoms with E-state index in [0.717, 1.165) is 12.8 Å². The number of carbonyl (C=O) groups is 1. The Labute approximate surface area is 110 Å². The molecule has 0 radical (unpaired) electrons. The third kappa shape index (κ3) is 2.57. The van der Waals surface area contributed by atoms with Gasteiger partial charge in [-0.3, -0.25) is 0 Å². The van der Waals surface area contributed by atoms with Crippen molar-refractivity contribution in [3.63, 3.8) is 0 Å². The minimum absolute atomic E-state index is 0.128. The number of benzene rings is 1. The Morgan fingerprint density at radius 2 is 2.28 bits per heavy atom. The number of esters is 1. The Morgan fingerprint density at radius 3 is 2.89 bits per heavy atom. The number of halogens is 1. The molecule has 0 atom stereocenters. The van der Waals surface area contributed by atoms with Crippen LogP contribution in [0.3, 0.4) is 0 Å². The van der Waals surface area contributed by atoms with E-state index in [1.165, 1.54) is 0 Å². The van der Waals surface area contributed by atoms with Crippen molar-refractivity contribution in [3.8, 4) is 6.07 Å². The molecule has 0 aliphatic heterocycles. The molecule has 18 heavy (non-hydrogen) atoms. The van der Waals surface area contributed by atoms with Crippen molar-refractivity contribution < 1.29 is 9.53 Å². The van der Waals surface area contributed by atoms with Gasteiger partial charge < -0.3 is 10.5 Å². The zero-order valence-corrected chi connectivity index (χ0v) is 10.5. The molecule has 0 bridgehead atoms. The van der Waals surface area contributed by atoms with Crippen LogP contribution < -0.4 is 5.73 Å². The molecule has 5 heteroatoms. The van der Waals surface area contributed by atoms with Gasteiger partial charge in [0.2, 0.25) is 0 Å². The molecule has 94 valence electrons. The second-order valence-corrected chi connectivity index (χ2v) is 5.00. The molecule has 2 N–H and O–H groups in total. The summed E-state index contributed by atoms with van der Waals surface area (Å²) < 4.78 is 5.21. The van der Waals surface area contributed by atoms with Gasteiger partial charge in [-0.25, -0.2) is 4.79 Å². The maximum atomic E-state index is 11.9. The van der Waals surface area contributed by atoms with Gasteiger partial charge in [0.05, 0.1) is 28.9 Å². The van der Waals surface area contributed by atoms with E-state index in [0.29, 0.717) is 12.1 Å². The summed E-state index contributed by atoms with van der Waals surface area (Å²) in [6.07, 6.45) is 2.28. The highest BCUT2D eigenvalue weighted by Gasteiger charge is 2.43. The highest BCUT2D eigenvalue weighted by Crippen LogP contribution is 2.48. The fourth-order valence-corrected chi connectivity index (χ4v) is 1.92. The zero-order chi connectivity index (χ0) is 13.2. The first kappa shape index (κ1) is 12.7. The van der Waals surface area contributed by atoms with Crippen LogP contribution in [0.15, 0.2) is 18.2 Å². The first-order chi connectivity index (χ1) is 8.58. The number of nitrogens with two attached hydrogens (primary N) is 1. The molecule has 0 unspecified atom stereocenters. The fraction of sp³-hybridized carbons (Fsp3) is 0.385. The second-order valence-electron chi connectivity index (χ2n) is 4.62. The smallest absolute Gasteiger partial charge is 0.339 e. The van der Waals surface area contributed by atoms with Crippen LogP contribution in [-0.2, 0) is 4.74 Å². The predicted octanol–water partition coefficient (Wildman–Crippen LogP) is 2.77. The van der Waals surface area contributed by atoms with Crippen molar-refractivity contribution in [2.24, 2.45) is 5.41 Å². The van der Waals surface area contributed by atoms with Gasteiger partial charge in [0.25, 0.3) is 0 Å². The number of hydrogen-bond donors (Lipinski definition) is 1. The first-order valence-corrected chi connectivity index (χ1v) is 6.04. The van der Waals surface area contributed by atoms with Crippen LogP contribution in [0.25, 0.3) is 0 Å². The van der Waals surface area contributed by atoms with E-state index in [1.54, 1.807) is 18.2 Å². The molecule has 1 saturated carbocycles. The molecule has 1 aliphatic carbocycles. The van der Waals surface area contributed by atoms with E-state index >= 15 is 0 Å². The van der Waals surface area contributed by atoms with Crippen molar-refractivity contribution in [1.82, 2.24) is 0 Å². The molecule has 0 amide bonds. The molecular formula is C13H13ClN2O2. The topological polar surface area (TPSA) is 76.1 Å². The average Bonchev–Trinajstić information content (AvgIpc) is 3.11.